The second kappa shape index (κ2) is 7.40. The van der Waals surface area contributed by atoms with Crippen LogP contribution in [0, 0.1) is 11.8 Å². The number of hydrogen-bond acceptors (Lipinski definition) is 2. The smallest absolute Gasteiger partial charge is 0.223 e. The lowest BCUT2D eigenvalue weighted by molar-refractivity contribution is -0.124. The molecule has 1 saturated heterocycles. The molecule has 1 aliphatic heterocycles. The molecule has 25 heavy (non-hydrogen) atoms. The van der Waals surface area contributed by atoms with E-state index >= 15 is 0 Å². The number of hydrogen-bond donors (Lipinski definition) is 1. The van der Waals surface area contributed by atoms with Crippen molar-refractivity contribution in [3.8, 4) is 0 Å². The third kappa shape index (κ3) is 3.93. The number of benzene rings is 2. The van der Waals surface area contributed by atoms with Crippen molar-refractivity contribution >= 4 is 5.91 Å². The van der Waals surface area contributed by atoms with Gasteiger partial charge in [0, 0.05) is 25.6 Å². The van der Waals surface area contributed by atoms with Gasteiger partial charge in [-0.15, -0.1) is 0 Å². The maximum atomic E-state index is 12.5. The fourth-order valence-electron chi connectivity index (χ4n) is 4.20. The Morgan fingerprint density at radius 3 is 2.40 bits per heavy atom. The number of rotatable bonds is 5. The first kappa shape index (κ1) is 16.3. The van der Waals surface area contributed by atoms with Gasteiger partial charge in [-0.2, -0.15) is 0 Å². The summed E-state index contributed by atoms with van der Waals surface area (Å²) in [6, 6.07) is 19.1. The molecule has 0 spiro atoms. The zero-order valence-corrected chi connectivity index (χ0v) is 14.7. The number of nitrogens with zero attached hydrogens (tertiary/aromatic N) is 1. The summed E-state index contributed by atoms with van der Waals surface area (Å²) in [6.07, 6.45) is 2.97. The van der Waals surface area contributed by atoms with E-state index in [2.05, 4.69) is 64.8 Å². The summed E-state index contributed by atoms with van der Waals surface area (Å²) < 4.78 is 0. The second-order valence-corrected chi connectivity index (χ2v) is 7.49. The molecule has 3 nitrogen and oxygen atoms in total. The highest BCUT2D eigenvalue weighted by Gasteiger charge is 2.28. The molecule has 1 heterocycles. The van der Waals surface area contributed by atoms with Crippen LogP contribution in [-0.2, 0) is 24.2 Å². The van der Waals surface area contributed by atoms with Crippen LogP contribution in [0.1, 0.15) is 23.1 Å². The summed E-state index contributed by atoms with van der Waals surface area (Å²) in [4.78, 5) is 15.0. The van der Waals surface area contributed by atoms with Crippen molar-refractivity contribution in [2.24, 2.45) is 11.8 Å². The number of likely N-dealkylation sites (tertiary alicyclic amines) is 1. The Morgan fingerprint density at radius 1 is 1.00 bits per heavy atom. The van der Waals surface area contributed by atoms with Crippen molar-refractivity contribution in [2.45, 2.75) is 25.8 Å². The molecule has 130 valence electrons. The Morgan fingerprint density at radius 2 is 1.68 bits per heavy atom. The quantitative estimate of drug-likeness (QED) is 0.911. The molecule has 1 amide bonds. The maximum Gasteiger partial charge on any atom is 0.223 e. The van der Waals surface area contributed by atoms with Crippen molar-refractivity contribution in [3.63, 3.8) is 0 Å². The lowest BCUT2D eigenvalue weighted by Gasteiger charge is -2.17. The highest BCUT2D eigenvalue weighted by molar-refractivity contribution is 5.80. The maximum absolute atomic E-state index is 12.5. The Kier molecular flexibility index (Phi) is 4.84. The molecule has 2 aromatic rings. The Hall–Kier alpha value is -2.13. The van der Waals surface area contributed by atoms with Gasteiger partial charge in [-0.05, 0) is 48.4 Å². The first-order valence-electron chi connectivity index (χ1n) is 9.38. The van der Waals surface area contributed by atoms with Gasteiger partial charge in [0.1, 0.15) is 0 Å². The molecule has 1 N–H and O–H groups in total. The van der Waals surface area contributed by atoms with Crippen LogP contribution in [0.2, 0.25) is 0 Å². The topological polar surface area (TPSA) is 32.3 Å². The van der Waals surface area contributed by atoms with Gasteiger partial charge in [0.25, 0.3) is 0 Å². The van der Waals surface area contributed by atoms with Gasteiger partial charge in [-0.3, -0.25) is 9.69 Å². The first-order chi connectivity index (χ1) is 12.3. The van der Waals surface area contributed by atoms with Gasteiger partial charge in [-0.25, -0.2) is 0 Å². The SMILES string of the molecule is O=C(NC[C@H]1CCN(Cc2ccccc2)C1)C1Cc2ccccc2C1. The zero-order chi connectivity index (χ0) is 17.1. The average Bonchev–Trinajstić information content (AvgIpc) is 3.27. The Bertz CT molecular complexity index is 703. The van der Waals surface area contributed by atoms with E-state index in [1.165, 1.54) is 23.1 Å². The molecule has 2 aromatic carbocycles. The predicted octanol–water partition coefficient (Wildman–Crippen LogP) is 3.04. The molecule has 2 aliphatic rings. The van der Waals surface area contributed by atoms with Crippen LogP contribution in [0.3, 0.4) is 0 Å². The van der Waals surface area contributed by atoms with E-state index in [-0.39, 0.29) is 11.8 Å². The monoisotopic (exact) mass is 334 g/mol. The summed E-state index contributed by atoms with van der Waals surface area (Å²) in [7, 11) is 0. The number of carbonyl (C=O) groups excluding carboxylic acids is 1. The van der Waals surface area contributed by atoms with E-state index in [0.29, 0.717) is 5.92 Å². The summed E-state index contributed by atoms with van der Waals surface area (Å²) in [5.74, 6) is 0.938. The van der Waals surface area contributed by atoms with Gasteiger partial charge in [-0.1, -0.05) is 54.6 Å². The lowest BCUT2D eigenvalue weighted by atomic mass is 10.0. The highest BCUT2D eigenvalue weighted by atomic mass is 16.1. The van der Waals surface area contributed by atoms with E-state index in [1.807, 2.05) is 0 Å². The predicted molar refractivity (Wildman–Crippen MR) is 100 cm³/mol. The van der Waals surface area contributed by atoms with Crippen molar-refractivity contribution in [1.29, 1.82) is 0 Å². The van der Waals surface area contributed by atoms with Crippen LogP contribution >= 0.6 is 0 Å². The fraction of sp³-hybridized carbons (Fsp3) is 0.409. The van der Waals surface area contributed by atoms with E-state index in [0.717, 1.165) is 39.0 Å². The van der Waals surface area contributed by atoms with Gasteiger partial charge < -0.3 is 5.32 Å². The molecular formula is C22H26N2O. The van der Waals surface area contributed by atoms with Gasteiger partial charge in [0.05, 0.1) is 0 Å². The lowest BCUT2D eigenvalue weighted by Crippen LogP contribution is -2.35. The van der Waals surface area contributed by atoms with Crippen molar-refractivity contribution in [2.75, 3.05) is 19.6 Å². The van der Waals surface area contributed by atoms with Crippen LogP contribution < -0.4 is 5.32 Å². The van der Waals surface area contributed by atoms with Gasteiger partial charge >= 0.3 is 0 Å². The number of carbonyl (C=O) groups is 1. The van der Waals surface area contributed by atoms with Crippen molar-refractivity contribution in [3.05, 3.63) is 71.3 Å². The molecule has 1 atom stereocenters. The molecular weight excluding hydrogens is 308 g/mol. The number of fused-ring (bicyclic) bond motifs is 1. The zero-order valence-electron chi connectivity index (χ0n) is 14.7. The van der Waals surface area contributed by atoms with Crippen LogP contribution in [-0.4, -0.2) is 30.4 Å². The van der Waals surface area contributed by atoms with Crippen molar-refractivity contribution in [1.82, 2.24) is 10.2 Å². The van der Waals surface area contributed by atoms with E-state index in [1.54, 1.807) is 0 Å². The van der Waals surface area contributed by atoms with E-state index < -0.39 is 0 Å². The Labute approximate surface area is 150 Å². The van der Waals surface area contributed by atoms with Crippen LogP contribution in [0.15, 0.2) is 54.6 Å². The van der Waals surface area contributed by atoms with Gasteiger partial charge in [0.2, 0.25) is 5.91 Å². The number of amides is 1. The molecule has 3 heteroatoms. The molecule has 0 radical (unpaired) electrons. The van der Waals surface area contributed by atoms with E-state index in [9.17, 15) is 4.79 Å². The minimum absolute atomic E-state index is 0.124. The molecule has 1 fully saturated rings. The third-order valence-electron chi connectivity index (χ3n) is 5.61. The normalized spacial score (nSPS) is 20.6. The van der Waals surface area contributed by atoms with Gasteiger partial charge in [0.15, 0.2) is 0 Å². The first-order valence-corrected chi connectivity index (χ1v) is 9.38. The van der Waals surface area contributed by atoms with E-state index in [4.69, 9.17) is 0 Å². The molecule has 0 unspecified atom stereocenters. The molecule has 0 saturated carbocycles. The highest BCUT2D eigenvalue weighted by Crippen LogP contribution is 2.26. The summed E-state index contributed by atoms with van der Waals surface area (Å²) in [5, 5.41) is 3.22. The molecule has 1 aliphatic carbocycles. The molecule has 0 aromatic heterocycles. The average molecular weight is 334 g/mol. The van der Waals surface area contributed by atoms with Crippen LogP contribution in [0.25, 0.3) is 0 Å². The summed E-state index contributed by atoms with van der Waals surface area (Å²) in [6.45, 7) is 4.05. The second-order valence-electron chi connectivity index (χ2n) is 7.49. The molecule has 4 rings (SSSR count). The minimum atomic E-state index is 0.124. The summed E-state index contributed by atoms with van der Waals surface area (Å²) >= 11 is 0. The van der Waals surface area contributed by atoms with Crippen LogP contribution in [0.4, 0.5) is 0 Å². The van der Waals surface area contributed by atoms with Crippen LogP contribution in [0.5, 0.6) is 0 Å². The number of nitrogens with one attached hydrogen (secondary N) is 1. The minimum Gasteiger partial charge on any atom is -0.356 e. The summed E-state index contributed by atoms with van der Waals surface area (Å²) in [5.41, 5.74) is 4.06. The largest absolute Gasteiger partial charge is 0.356 e. The molecule has 0 bridgehead atoms. The standard InChI is InChI=1S/C22H26N2O/c25-22(21-12-19-8-4-5-9-20(19)13-21)23-14-18-10-11-24(16-18)15-17-6-2-1-3-7-17/h1-9,18,21H,10-16H2,(H,23,25)/t18-/m1/s1. The van der Waals surface area contributed by atoms with Crippen molar-refractivity contribution < 1.29 is 4.79 Å². The Balaban J connectivity index is 1.22. The third-order valence-corrected chi connectivity index (χ3v) is 5.61. The fourth-order valence-corrected chi connectivity index (χ4v) is 4.20.